The second kappa shape index (κ2) is 10.7. The first-order chi connectivity index (χ1) is 16.3. The van der Waals surface area contributed by atoms with Gasteiger partial charge in [0.05, 0.1) is 4.91 Å². The third kappa shape index (κ3) is 5.52. The average molecular weight is 574 g/mol. The van der Waals surface area contributed by atoms with Gasteiger partial charge in [-0.25, -0.2) is 0 Å². The molecule has 3 aromatic carbocycles. The molecule has 34 heavy (non-hydrogen) atoms. The number of rotatable bonds is 6. The third-order valence-electron chi connectivity index (χ3n) is 5.00. The average Bonchev–Trinajstić information content (AvgIpc) is 3.07. The number of hydrogen-bond donors (Lipinski definition) is 1. The van der Waals surface area contributed by atoms with Crippen LogP contribution in [0.3, 0.4) is 0 Å². The molecule has 9 heteroatoms. The Bertz CT molecular complexity index is 1330. The molecule has 0 aliphatic carbocycles. The topological polar surface area (TPSA) is 58.6 Å². The molecule has 5 nitrogen and oxygen atoms in total. The van der Waals surface area contributed by atoms with Crippen molar-refractivity contribution in [3.63, 3.8) is 0 Å². The second-order valence-corrected chi connectivity index (χ2v) is 10.3. The summed E-state index contributed by atoms with van der Waals surface area (Å²) < 4.78 is 7.08. The number of hydrogen-bond acceptors (Lipinski definition) is 5. The van der Waals surface area contributed by atoms with Gasteiger partial charge in [-0.05, 0) is 61.1 Å². The Balaban J connectivity index is 1.55. The van der Waals surface area contributed by atoms with Gasteiger partial charge in [-0.1, -0.05) is 75.7 Å². The summed E-state index contributed by atoms with van der Waals surface area (Å²) in [5, 5.41) is 1.72. The molecule has 3 aromatic rings. The fourth-order valence-corrected chi connectivity index (χ4v) is 4.97. The highest BCUT2D eigenvalue weighted by Crippen LogP contribution is 2.35. The fraction of sp³-hybridized carbons (Fsp3) is 0.0800. The molecule has 0 atom stereocenters. The van der Waals surface area contributed by atoms with Gasteiger partial charge in [0, 0.05) is 26.2 Å². The van der Waals surface area contributed by atoms with E-state index in [1.165, 1.54) is 0 Å². The van der Waals surface area contributed by atoms with Crippen LogP contribution in [0.25, 0.3) is 6.08 Å². The van der Waals surface area contributed by atoms with Crippen molar-refractivity contribution in [2.75, 3.05) is 0 Å². The van der Waals surface area contributed by atoms with Gasteiger partial charge in [0.15, 0.2) is 4.32 Å². The van der Waals surface area contributed by atoms with Gasteiger partial charge in [-0.3, -0.25) is 15.0 Å². The van der Waals surface area contributed by atoms with Crippen LogP contribution < -0.4 is 10.2 Å². The highest BCUT2D eigenvalue weighted by Gasteiger charge is 2.34. The largest absolute Gasteiger partial charge is 0.488 e. The number of nitrogens with zero attached hydrogens (tertiary/aromatic N) is 1. The van der Waals surface area contributed by atoms with Crippen LogP contribution in [0.5, 0.6) is 5.75 Å². The fourth-order valence-electron chi connectivity index (χ4n) is 3.23. The van der Waals surface area contributed by atoms with Crippen molar-refractivity contribution in [3.05, 3.63) is 103 Å². The lowest BCUT2D eigenvalue weighted by molar-refractivity contribution is -0.123. The third-order valence-corrected chi connectivity index (χ3v) is 7.16. The first-order valence-electron chi connectivity index (χ1n) is 10.1. The predicted octanol–water partition coefficient (Wildman–Crippen LogP) is 6.54. The van der Waals surface area contributed by atoms with Crippen molar-refractivity contribution in [1.29, 1.82) is 0 Å². The molecule has 172 valence electrons. The van der Waals surface area contributed by atoms with Crippen LogP contribution in [0.2, 0.25) is 5.02 Å². The number of ether oxygens (including phenoxy) is 1. The summed E-state index contributed by atoms with van der Waals surface area (Å²) in [6.45, 7) is 2.10. The maximum Gasteiger partial charge on any atom is 0.285 e. The monoisotopic (exact) mass is 572 g/mol. The zero-order valence-electron chi connectivity index (χ0n) is 17.9. The van der Waals surface area contributed by atoms with Gasteiger partial charge in [-0.2, -0.15) is 5.01 Å². The lowest BCUT2D eigenvalue weighted by Gasteiger charge is -2.16. The molecular weight excluding hydrogens is 556 g/mol. The van der Waals surface area contributed by atoms with E-state index < -0.39 is 11.8 Å². The Labute approximate surface area is 220 Å². The number of carbonyl (C=O) groups is 2. The molecule has 0 spiro atoms. The van der Waals surface area contributed by atoms with Gasteiger partial charge in [0.1, 0.15) is 12.4 Å². The van der Waals surface area contributed by atoms with Crippen LogP contribution in [0.1, 0.15) is 27.0 Å². The Kier molecular flexibility index (Phi) is 7.73. The number of hydrazine groups is 1. The Morgan fingerprint density at radius 2 is 1.91 bits per heavy atom. The van der Waals surface area contributed by atoms with Crippen LogP contribution in [0, 0.1) is 6.92 Å². The van der Waals surface area contributed by atoms with E-state index in [-0.39, 0.29) is 10.9 Å². The molecule has 4 rings (SSSR count). The highest BCUT2D eigenvalue weighted by atomic mass is 79.9. The molecule has 1 aliphatic rings. The number of carbonyl (C=O) groups excluding carboxylic acids is 2. The van der Waals surface area contributed by atoms with E-state index in [9.17, 15) is 9.59 Å². The minimum absolute atomic E-state index is 0.242. The molecule has 2 amide bonds. The quantitative estimate of drug-likeness (QED) is 0.268. The zero-order chi connectivity index (χ0) is 24.2. The van der Waals surface area contributed by atoms with Crippen molar-refractivity contribution in [2.45, 2.75) is 13.5 Å². The van der Waals surface area contributed by atoms with E-state index in [1.54, 1.807) is 24.3 Å². The van der Waals surface area contributed by atoms with Crippen LogP contribution in [-0.2, 0) is 11.4 Å². The molecule has 0 saturated carbocycles. The Morgan fingerprint density at radius 3 is 2.68 bits per heavy atom. The molecule has 1 heterocycles. The smallest absolute Gasteiger partial charge is 0.285 e. The Hall–Kier alpha value is -2.65. The Morgan fingerprint density at radius 1 is 1.18 bits per heavy atom. The standard InChI is InChI=1S/C25H18BrClN2O3S2/c1-15-6-2-4-8-19(15)23(30)28-29-24(31)22(34-25(29)33)13-17-12-18(26)10-11-21(17)32-14-16-7-3-5-9-20(16)27/h2-13H,14H2,1H3,(H,28,30)/b22-13+. The van der Waals surface area contributed by atoms with E-state index in [1.807, 2.05) is 55.5 Å². The first kappa shape index (κ1) is 24.5. The molecule has 1 N–H and O–H groups in total. The SMILES string of the molecule is Cc1ccccc1C(=O)NN1C(=O)/C(=C\c2cc(Br)ccc2OCc2ccccc2Cl)SC1=S. The van der Waals surface area contributed by atoms with E-state index >= 15 is 0 Å². The lowest BCUT2D eigenvalue weighted by atomic mass is 10.1. The second-order valence-electron chi connectivity index (χ2n) is 7.34. The maximum atomic E-state index is 13.1. The van der Waals surface area contributed by atoms with Crippen LogP contribution >= 0.6 is 51.5 Å². The summed E-state index contributed by atoms with van der Waals surface area (Å²) in [7, 11) is 0. The summed E-state index contributed by atoms with van der Waals surface area (Å²) in [5.41, 5.74) is 5.43. The van der Waals surface area contributed by atoms with Gasteiger partial charge in [0.25, 0.3) is 11.8 Å². The zero-order valence-corrected chi connectivity index (χ0v) is 21.9. The number of benzene rings is 3. The molecule has 0 radical (unpaired) electrons. The van der Waals surface area contributed by atoms with Gasteiger partial charge in [-0.15, -0.1) is 0 Å². The van der Waals surface area contributed by atoms with E-state index in [2.05, 4.69) is 21.4 Å². The maximum absolute atomic E-state index is 13.1. The normalized spacial score (nSPS) is 14.6. The van der Waals surface area contributed by atoms with Crippen molar-refractivity contribution < 1.29 is 14.3 Å². The summed E-state index contributed by atoms with van der Waals surface area (Å²) in [5.74, 6) is -0.229. The highest BCUT2D eigenvalue weighted by molar-refractivity contribution is 9.10. The number of nitrogens with one attached hydrogen (secondary N) is 1. The predicted molar refractivity (Wildman–Crippen MR) is 144 cm³/mol. The molecule has 0 bridgehead atoms. The number of thiocarbonyl (C=S) groups is 1. The summed E-state index contributed by atoms with van der Waals surface area (Å²) in [6, 6.07) is 20.1. The van der Waals surface area contributed by atoms with Crippen molar-refractivity contribution in [3.8, 4) is 5.75 Å². The molecular formula is C25H18BrClN2O3S2. The van der Waals surface area contributed by atoms with Gasteiger partial charge in [0.2, 0.25) is 0 Å². The molecule has 0 aromatic heterocycles. The summed E-state index contributed by atoms with van der Waals surface area (Å²) >= 11 is 16.2. The van der Waals surface area contributed by atoms with Crippen LogP contribution in [-0.4, -0.2) is 21.1 Å². The van der Waals surface area contributed by atoms with Crippen LogP contribution in [0.4, 0.5) is 0 Å². The van der Waals surface area contributed by atoms with Gasteiger partial charge < -0.3 is 4.74 Å². The minimum Gasteiger partial charge on any atom is -0.488 e. The van der Waals surface area contributed by atoms with Crippen molar-refractivity contribution in [1.82, 2.24) is 10.4 Å². The number of aryl methyl sites for hydroxylation is 1. The number of thioether (sulfide) groups is 1. The molecule has 1 fully saturated rings. The van der Waals surface area contributed by atoms with E-state index in [0.29, 0.717) is 26.8 Å². The lowest BCUT2D eigenvalue weighted by Crippen LogP contribution is -2.45. The van der Waals surface area contributed by atoms with E-state index in [4.69, 9.17) is 28.6 Å². The van der Waals surface area contributed by atoms with Crippen molar-refractivity contribution >= 4 is 73.7 Å². The minimum atomic E-state index is -0.408. The molecule has 1 saturated heterocycles. The number of halogens is 2. The van der Waals surface area contributed by atoms with Gasteiger partial charge >= 0.3 is 0 Å². The van der Waals surface area contributed by atoms with E-state index in [0.717, 1.165) is 32.4 Å². The number of amides is 2. The first-order valence-corrected chi connectivity index (χ1v) is 12.5. The van der Waals surface area contributed by atoms with Crippen LogP contribution in [0.15, 0.2) is 76.1 Å². The van der Waals surface area contributed by atoms with Crippen molar-refractivity contribution in [2.24, 2.45) is 0 Å². The molecule has 0 unspecified atom stereocenters. The molecule has 1 aliphatic heterocycles. The summed E-state index contributed by atoms with van der Waals surface area (Å²) in [6.07, 6.45) is 1.70. The summed E-state index contributed by atoms with van der Waals surface area (Å²) in [4.78, 5) is 26.1.